The molecule has 0 aliphatic heterocycles. The highest BCUT2D eigenvalue weighted by Crippen LogP contribution is 2.22. The van der Waals surface area contributed by atoms with Gasteiger partial charge in [0.05, 0.1) is 15.9 Å². The molecule has 0 aliphatic carbocycles. The van der Waals surface area contributed by atoms with Gasteiger partial charge in [-0.25, -0.2) is 13.4 Å². The zero-order chi connectivity index (χ0) is 22.0. The number of anilines is 1. The number of para-hydroxylation sites is 2. The van der Waals surface area contributed by atoms with E-state index < -0.39 is 10.0 Å². The normalized spacial score (nSPS) is 11.7. The van der Waals surface area contributed by atoms with E-state index in [0.29, 0.717) is 10.6 Å². The van der Waals surface area contributed by atoms with Gasteiger partial charge < -0.3 is 4.57 Å². The van der Waals surface area contributed by atoms with Crippen LogP contribution in [0.3, 0.4) is 0 Å². The van der Waals surface area contributed by atoms with Crippen LogP contribution in [0.2, 0.25) is 0 Å². The van der Waals surface area contributed by atoms with E-state index in [2.05, 4.69) is 22.3 Å². The van der Waals surface area contributed by atoms with Crippen LogP contribution in [-0.2, 0) is 29.4 Å². The summed E-state index contributed by atoms with van der Waals surface area (Å²) >= 11 is 0. The smallest absolute Gasteiger partial charge is 0.262 e. The Kier molecular flexibility index (Phi) is 5.83. The predicted octanol–water partition coefficient (Wildman–Crippen LogP) is 5.26. The largest absolute Gasteiger partial charge is 0.328 e. The van der Waals surface area contributed by atoms with Crippen molar-refractivity contribution in [2.24, 2.45) is 0 Å². The number of fused-ring (bicyclic) bond motifs is 1. The van der Waals surface area contributed by atoms with E-state index in [1.54, 1.807) is 12.1 Å². The van der Waals surface area contributed by atoms with Crippen LogP contribution in [0.5, 0.6) is 0 Å². The highest BCUT2D eigenvalue weighted by atomic mass is 32.2. The maximum atomic E-state index is 12.9. The van der Waals surface area contributed by atoms with Crippen LogP contribution in [-0.4, -0.2) is 18.0 Å². The number of aromatic nitrogens is 2. The van der Waals surface area contributed by atoms with Gasteiger partial charge in [0.2, 0.25) is 0 Å². The lowest BCUT2D eigenvalue weighted by atomic mass is 10.1. The van der Waals surface area contributed by atoms with Crippen molar-refractivity contribution in [3.8, 4) is 0 Å². The average Bonchev–Trinajstić information content (AvgIpc) is 3.11. The topological polar surface area (TPSA) is 64.0 Å². The van der Waals surface area contributed by atoms with Gasteiger partial charge in [-0.05, 0) is 74.2 Å². The summed E-state index contributed by atoms with van der Waals surface area (Å²) in [6, 6.07) is 21.2. The van der Waals surface area contributed by atoms with Crippen molar-refractivity contribution >= 4 is 26.7 Å². The number of nitrogens with zero attached hydrogens (tertiary/aromatic N) is 2. The van der Waals surface area contributed by atoms with E-state index in [-0.39, 0.29) is 0 Å². The van der Waals surface area contributed by atoms with E-state index in [1.807, 2.05) is 62.4 Å². The predicted molar refractivity (Wildman–Crippen MR) is 126 cm³/mol. The summed E-state index contributed by atoms with van der Waals surface area (Å²) in [4.78, 5) is 5.10. The number of aryl methyl sites for hydroxylation is 5. The molecule has 1 heterocycles. The second-order valence-corrected chi connectivity index (χ2v) is 9.49. The molecule has 160 valence electrons. The minimum atomic E-state index is -3.64. The lowest BCUT2D eigenvalue weighted by molar-refractivity contribution is 0.600. The van der Waals surface area contributed by atoms with Crippen molar-refractivity contribution < 1.29 is 8.42 Å². The molecule has 4 rings (SSSR count). The Morgan fingerprint density at radius 3 is 2.55 bits per heavy atom. The Morgan fingerprint density at radius 1 is 0.935 bits per heavy atom. The van der Waals surface area contributed by atoms with Crippen LogP contribution in [0.15, 0.2) is 71.6 Å². The standard InChI is InChI=1S/C25H27N3O2S/c1-4-28-23-11-6-5-10-22(23)26-25(28)15-14-20-8-7-9-21(17-20)27-31(29,30)24-16-18(2)12-13-19(24)3/h5-13,16-17,27H,4,14-15H2,1-3H3. The SMILES string of the molecule is CCn1c(CCc2cccc(NS(=O)(=O)c3cc(C)ccc3C)c2)nc2ccccc21. The molecule has 5 nitrogen and oxygen atoms in total. The Bertz CT molecular complexity index is 1340. The van der Waals surface area contributed by atoms with Crippen molar-refractivity contribution in [1.29, 1.82) is 0 Å². The Labute approximate surface area is 183 Å². The Hall–Kier alpha value is -3.12. The van der Waals surface area contributed by atoms with Gasteiger partial charge in [-0.15, -0.1) is 0 Å². The van der Waals surface area contributed by atoms with Crippen LogP contribution >= 0.6 is 0 Å². The van der Waals surface area contributed by atoms with E-state index in [4.69, 9.17) is 4.98 Å². The molecule has 0 aliphatic rings. The summed E-state index contributed by atoms with van der Waals surface area (Å²) in [6.45, 7) is 6.69. The Balaban J connectivity index is 1.53. The van der Waals surface area contributed by atoms with Crippen LogP contribution in [0.25, 0.3) is 11.0 Å². The third-order valence-corrected chi connectivity index (χ3v) is 7.02. The molecular weight excluding hydrogens is 406 g/mol. The lowest BCUT2D eigenvalue weighted by Gasteiger charge is -2.12. The van der Waals surface area contributed by atoms with Crippen LogP contribution in [0.1, 0.15) is 29.4 Å². The zero-order valence-electron chi connectivity index (χ0n) is 18.1. The molecule has 6 heteroatoms. The van der Waals surface area contributed by atoms with Gasteiger partial charge in [0.25, 0.3) is 10.0 Å². The molecule has 0 bridgehead atoms. The van der Waals surface area contributed by atoms with Crippen molar-refractivity contribution in [1.82, 2.24) is 9.55 Å². The van der Waals surface area contributed by atoms with E-state index in [1.165, 1.54) is 0 Å². The molecule has 1 aromatic heterocycles. The number of benzene rings is 3. The minimum absolute atomic E-state index is 0.314. The lowest BCUT2D eigenvalue weighted by Crippen LogP contribution is -2.14. The zero-order valence-corrected chi connectivity index (χ0v) is 18.9. The number of hydrogen-bond donors (Lipinski definition) is 1. The summed E-state index contributed by atoms with van der Waals surface area (Å²) in [7, 11) is -3.64. The third kappa shape index (κ3) is 4.49. The molecule has 0 radical (unpaired) electrons. The number of hydrogen-bond acceptors (Lipinski definition) is 3. The molecule has 0 unspecified atom stereocenters. The van der Waals surface area contributed by atoms with Crippen molar-refractivity contribution in [2.75, 3.05) is 4.72 Å². The highest BCUT2D eigenvalue weighted by Gasteiger charge is 2.17. The fraction of sp³-hybridized carbons (Fsp3) is 0.240. The van der Waals surface area contributed by atoms with Crippen molar-refractivity contribution in [3.05, 3.63) is 89.2 Å². The molecule has 0 fully saturated rings. The van der Waals surface area contributed by atoms with Gasteiger partial charge in [0, 0.05) is 18.7 Å². The highest BCUT2D eigenvalue weighted by molar-refractivity contribution is 7.92. The van der Waals surface area contributed by atoms with Gasteiger partial charge in [-0.3, -0.25) is 4.72 Å². The molecule has 0 amide bonds. The van der Waals surface area contributed by atoms with Crippen LogP contribution in [0.4, 0.5) is 5.69 Å². The number of imidazole rings is 1. The first kappa shape index (κ1) is 21.1. The van der Waals surface area contributed by atoms with Crippen LogP contribution in [0, 0.1) is 13.8 Å². The number of nitrogens with one attached hydrogen (secondary N) is 1. The second-order valence-electron chi connectivity index (χ2n) is 7.84. The van der Waals surface area contributed by atoms with E-state index in [0.717, 1.165) is 52.9 Å². The maximum Gasteiger partial charge on any atom is 0.262 e. The molecule has 31 heavy (non-hydrogen) atoms. The monoisotopic (exact) mass is 433 g/mol. The maximum absolute atomic E-state index is 12.9. The van der Waals surface area contributed by atoms with Crippen LogP contribution < -0.4 is 4.72 Å². The molecule has 0 saturated carbocycles. The molecular formula is C25H27N3O2S. The molecule has 0 spiro atoms. The van der Waals surface area contributed by atoms with E-state index in [9.17, 15) is 8.42 Å². The number of rotatable bonds is 7. The molecule has 4 aromatic rings. The third-order valence-electron chi connectivity index (χ3n) is 5.50. The van der Waals surface area contributed by atoms with Gasteiger partial charge in [0.1, 0.15) is 5.82 Å². The minimum Gasteiger partial charge on any atom is -0.328 e. The average molecular weight is 434 g/mol. The summed E-state index contributed by atoms with van der Waals surface area (Å²) in [5, 5.41) is 0. The second kappa shape index (κ2) is 8.55. The summed E-state index contributed by atoms with van der Waals surface area (Å²) in [5.41, 5.74) is 5.44. The van der Waals surface area contributed by atoms with Gasteiger partial charge in [-0.2, -0.15) is 0 Å². The fourth-order valence-corrected chi connectivity index (χ4v) is 5.30. The van der Waals surface area contributed by atoms with E-state index >= 15 is 0 Å². The molecule has 0 atom stereocenters. The first-order valence-electron chi connectivity index (χ1n) is 10.5. The molecule has 1 N–H and O–H groups in total. The number of sulfonamides is 1. The summed E-state index contributed by atoms with van der Waals surface area (Å²) < 4.78 is 30.8. The first-order valence-corrected chi connectivity index (χ1v) is 12.0. The van der Waals surface area contributed by atoms with Gasteiger partial charge >= 0.3 is 0 Å². The first-order chi connectivity index (χ1) is 14.9. The van der Waals surface area contributed by atoms with Crippen molar-refractivity contribution in [2.45, 2.75) is 45.1 Å². The fourth-order valence-electron chi connectivity index (χ4n) is 3.92. The molecule has 0 saturated heterocycles. The summed E-state index contributed by atoms with van der Waals surface area (Å²) in [6.07, 6.45) is 1.57. The van der Waals surface area contributed by atoms with Gasteiger partial charge in [0.15, 0.2) is 0 Å². The Morgan fingerprint density at radius 2 is 1.74 bits per heavy atom. The quantitative estimate of drug-likeness (QED) is 0.432. The van der Waals surface area contributed by atoms with Gasteiger partial charge in [-0.1, -0.05) is 36.4 Å². The summed E-state index contributed by atoms with van der Waals surface area (Å²) in [5.74, 6) is 1.05. The van der Waals surface area contributed by atoms with Crippen molar-refractivity contribution in [3.63, 3.8) is 0 Å². The molecule has 3 aromatic carbocycles.